The second kappa shape index (κ2) is 12.7. The van der Waals surface area contributed by atoms with E-state index in [0.29, 0.717) is 12.1 Å². The van der Waals surface area contributed by atoms with Crippen molar-refractivity contribution in [2.45, 2.75) is 44.9 Å². The van der Waals surface area contributed by atoms with Crippen LogP contribution in [0.3, 0.4) is 0 Å². The second-order valence-corrected chi connectivity index (χ2v) is 7.70. The van der Waals surface area contributed by atoms with Gasteiger partial charge in [0.2, 0.25) is 5.91 Å². The minimum atomic E-state index is -0.839. The van der Waals surface area contributed by atoms with E-state index in [1.165, 1.54) is 0 Å². The average molecular weight is 493 g/mol. The van der Waals surface area contributed by atoms with Crippen LogP contribution in [0.4, 0.5) is 0 Å². The highest BCUT2D eigenvalue weighted by molar-refractivity contribution is 7.59. The number of hydrogen-bond acceptors (Lipinski definition) is 5. The number of phenols is 1. The van der Waals surface area contributed by atoms with Crippen LogP contribution in [0.5, 0.6) is 5.75 Å². The molecule has 7 nitrogen and oxygen atoms in total. The van der Waals surface area contributed by atoms with Crippen molar-refractivity contribution in [3.63, 3.8) is 0 Å². The van der Waals surface area contributed by atoms with Crippen LogP contribution >= 0.6 is 27.0 Å². The summed E-state index contributed by atoms with van der Waals surface area (Å²) in [4.78, 5) is 40.2. The van der Waals surface area contributed by atoms with Gasteiger partial charge in [0.1, 0.15) is 24.4 Å². The summed E-state index contributed by atoms with van der Waals surface area (Å²) in [5.74, 6) is -0.607. The van der Waals surface area contributed by atoms with Gasteiger partial charge in [0.15, 0.2) is 5.78 Å². The number of hydrogen-bond donors (Lipinski definition) is 2. The third-order valence-electron chi connectivity index (χ3n) is 5.64. The number of likely N-dealkylation sites (tertiary alicyclic amines) is 1. The number of carbonyl (C=O) groups is 3. The number of Topliss-reactive ketones (excluding diaryl/α,β-unsaturated/α-hetero) is 1. The summed E-state index contributed by atoms with van der Waals surface area (Å²) in [6.45, 7) is 0.487. The van der Waals surface area contributed by atoms with Crippen molar-refractivity contribution in [3.05, 3.63) is 65.7 Å². The molecule has 3 atom stereocenters. The Morgan fingerprint density at radius 1 is 1.09 bits per heavy atom. The van der Waals surface area contributed by atoms with Crippen LogP contribution in [-0.2, 0) is 20.7 Å². The first kappa shape index (κ1) is 28.5. The Morgan fingerprint density at radius 3 is 2.42 bits per heavy atom. The Kier molecular flexibility index (Phi) is 11.0. The van der Waals surface area contributed by atoms with Gasteiger partial charge in [-0.2, -0.15) is 27.0 Å². The molecule has 2 aliphatic heterocycles. The first-order chi connectivity index (χ1) is 14.5. The number of nitrogens with one attached hydrogen (secondary N) is 1. The maximum absolute atomic E-state index is 13.5. The van der Waals surface area contributed by atoms with Crippen LogP contribution in [0, 0.1) is 0 Å². The largest absolute Gasteiger partial charge is 0.508 e. The van der Waals surface area contributed by atoms with Crippen LogP contribution in [0.1, 0.15) is 36.2 Å². The molecule has 2 aliphatic rings. The molecule has 2 amide bonds. The molecule has 0 unspecified atom stereocenters. The van der Waals surface area contributed by atoms with E-state index in [2.05, 4.69) is 5.32 Å². The van der Waals surface area contributed by atoms with Crippen LogP contribution < -0.4 is 5.32 Å². The summed E-state index contributed by atoms with van der Waals surface area (Å²) in [5, 5.41) is 12.4. The molecule has 0 aromatic heterocycles. The molecule has 2 aromatic rings. The molecule has 0 aliphatic carbocycles. The number of rotatable bonds is 5. The van der Waals surface area contributed by atoms with E-state index in [1.54, 1.807) is 53.4 Å². The molecule has 9 heteroatoms. The van der Waals surface area contributed by atoms with E-state index in [4.69, 9.17) is 4.74 Å². The maximum atomic E-state index is 13.5. The van der Waals surface area contributed by atoms with Crippen LogP contribution in [-0.4, -0.2) is 58.9 Å². The predicted molar refractivity (Wildman–Crippen MR) is 136 cm³/mol. The van der Waals surface area contributed by atoms with Crippen molar-refractivity contribution < 1.29 is 24.2 Å². The average Bonchev–Trinajstić information content (AvgIpc) is 3.16. The molecule has 4 rings (SSSR count). The summed E-state index contributed by atoms with van der Waals surface area (Å²) in [7, 11) is 0. The zero-order valence-corrected chi connectivity index (χ0v) is 19.5. The molecule has 2 aromatic carbocycles. The first-order valence-electron chi connectivity index (χ1n) is 10.1. The molecule has 2 N–H and O–H groups in total. The van der Waals surface area contributed by atoms with Crippen LogP contribution in [0.2, 0.25) is 0 Å². The Bertz CT molecular complexity index is 940. The number of amides is 2. The van der Waals surface area contributed by atoms with Gasteiger partial charge in [-0.1, -0.05) is 37.8 Å². The number of ketones is 1. The molecule has 180 valence electrons. The number of phenolic OH excluding ortho intramolecular Hbond substituents is 1. The normalized spacial score (nSPS) is 19.8. The summed E-state index contributed by atoms with van der Waals surface area (Å²) in [5.41, 5.74) is 1.25. The van der Waals surface area contributed by atoms with Crippen molar-refractivity contribution in [1.29, 1.82) is 0 Å². The van der Waals surface area contributed by atoms with Gasteiger partial charge >= 0.3 is 0 Å². The highest BCUT2D eigenvalue weighted by Gasteiger charge is 2.45. The number of carbonyl (C=O) groups excluding carboxylic acids is 3. The fourth-order valence-corrected chi connectivity index (χ4v) is 4.14. The molecule has 2 heterocycles. The number of ether oxygens (including phenoxy) is 1. The number of piperidine rings is 1. The van der Waals surface area contributed by atoms with Crippen LogP contribution in [0.15, 0.2) is 54.6 Å². The highest BCUT2D eigenvalue weighted by atomic mass is 32.1. The fraction of sp³-hybridized carbons (Fsp3) is 0.375. The monoisotopic (exact) mass is 492 g/mol. The lowest BCUT2D eigenvalue weighted by molar-refractivity contribution is -0.142. The maximum Gasteiger partial charge on any atom is 0.251 e. The van der Waals surface area contributed by atoms with E-state index in [1.807, 2.05) is 6.07 Å². The molecule has 2 saturated heterocycles. The zero-order chi connectivity index (χ0) is 21.1. The third kappa shape index (κ3) is 6.52. The van der Waals surface area contributed by atoms with Gasteiger partial charge in [-0.25, -0.2) is 0 Å². The Labute approximate surface area is 208 Å². The van der Waals surface area contributed by atoms with E-state index >= 15 is 0 Å². The third-order valence-corrected chi connectivity index (χ3v) is 5.64. The number of nitrogens with zero attached hydrogens (tertiary/aromatic N) is 1. The van der Waals surface area contributed by atoms with E-state index in [0.717, 1.165) is 18.4 Å². The smallest absolute Gasteiger partial charge is 0.251 e. The van der Waals surface area contributed by atoms with Gasteiger partial charge in [0.05, 0.1) is 6.10 Å². The quantitative estimate of drug-likeness (QED) is 0.669. The summed E-state index contributed by atoms with van der Waals surface area (Å²) in [6.07, 6.45) is 1.48. The SMILES string of the molecule is C.O=C(N[C@@H](Cc1ccc(O)cc1)C(=O)N1CCC[C@H]2OCC(=O)[C@H]21)c1ccccc1.S.S. The summed E-state index contributed by atoms with van der Waals surface area (Å²) >= 11 is 0. The lowest BCUT2D eigenvalue weighted by atomic mass is 9.95. The topological polar surface area (TPSA) is 95.9 Å². The Balaban J connectivity index is 0.00000181. The van der Waals surface area contributed by atoms with E-state index < -0.39 is 12.1 Å². The number of fused-ring (bicyclic) bond motifs is 1. The minimum absolute atomic E-state index is 0. The first-order valence-corrected chi connectivity index (χ1v) is 10.1. The summed E-state index contributed by atoms with van der Waals surface area (Å²) < 4.78 is 5.55. The molecule has 0 saturated carbocycles. The van der Waals surface area contributed by atoms with Crippen molar-refractivity contribution in [2.75, 3.05) is 13.2 Å². The van der Waals surface area contributed by atoms with Crippen LogP contribution in [0.25, 0.3) is 0 Å². The molecule has 33 heavy (non-hydrogen) atoms. The lowest BCUT2D eigenvalue weighted by Crippen LogP contribution is -2.58. The van der Waals surface area contributed by atoms with Crippen molar-refractivity contribution >= 4 is 44.6 Å². The molecule has 0 radical (unpaired) electrons. The van der Waals surface area contributed by atoms with Gasteiger partial charge < -0.3 is 20.1 Å². The second-order valence-electron chi connectivity index (χ2n) is 7.70. The summed E-state index contributed by atoms with van der Waals surface area (Å²) in [6, 6.07) is 13.8. The van der Waals surface area contributed by atoms with Crippen molar-refractivity contribution in [3.8, 4) is 5.75 Å². The van der Waals surface area contributed by atoms with Crippen molar-refractivity contribution in [2.24, 2.45) is 0 Å². The Hall–Kier alpha value is -2.49. The fourth-order valence-electron chi connectivity index (χ4n) is 4.14. The molecular formula is C24H32N2O5S2. The molecular weight excluding hydrogens is 460 g/mol. The molecule has 2 fully saturated rings. The zero-order valence-electron chi connectivity index (χ0n) is 17.5. The lowest BCUT2D eigenvalue weighted by Gasteiger charge is -2.37. The van der Waals surface area contributed by atoms with Gasteiger partial charge in [-0.3, -0.25) is 14.4 Å². The number of aromatic hydroxyl groups is 1. The van der Waals surface area contributed by atoms with E-state index in [-0.39, 0.29) is 76.9 Å². The molecule has 0 bridgehead atoms. The van der Waals surface area contributed by atoms with Gasteiger partial charge in [0, 0.05) is 18.5 Å². The van der Waals surface area contributed by atoms with E-state index in [9.17, 15) is 19.5 Å². The standard InChI is InChI=1S/C23H24N2O5.CH4.2H2S/c26-17-10-8-15(9-11-17)13-18(24-22(28)16-5-2-1-3-6-16)23(29)25-12-4-7-20-21(25)19(27)14-30-20;;;/h1-3,5-6,8-11,18,20-21,26H,4,7,12-14H2,(H,24,28);1H4;2*1H2/t18-,20+,21+;;;/m0.../s1. The van der Waals surface area contributed by atoms with Gasteiger partial charge in [-0.15, -0.1) is 0 Å². The minimum Gasteiger partial charge on any atom is -0.508 e. The number of benzene rings is 2. The van der Waals surface area contributed by atoms with Gasteiger partial charge in [-0.05, 0) is 42.7 Å². The highest BCUT2D eigenvalue weighted by Crippen LogP contribution is 2.27. The predicted octanol–water partition coefficient (Wildman–Crippen LogP) is 2.55. The van der Waals surface area contributed by atoms with Crippen molar-refractivity contribution in [1.82, 2.24) is 10.2 Å². The Morgan fingerprint density at radius 2 is 1.76 bits per heavy atom. The molecule has 0 spiro atoms. The van der Waals surface area contributed by atoms with Gasteiger partial charge in [0.25, 0.3) is 5.91 Å².